The van der Waals surface area contributed by atoms with E-state index in [-0.39, 0.29) is 5.75 Å². The van der Waals surface area contributed by atoms with Gasteiger partial charge >= 0.3 is 0 Å². The lowest BCUT2D eigenvalue weighted by atomic mass is 9.98. The molecule has 0 fully saturated rings. The third-order valence-corrected chi connectivity index (χ3v) is 3.56. The lowest BCUT2D eigenvalue weighted by Crippen LogP contribution is -2.16. The lowest BCUT2D eigenvalue weighted by molar-refractivity contribution is 0.480. The predicted molar refractivity (Wildman–Crippen MR) is 68.4 cm³/mol. The van der Waals surface area contributed by atoms with Crippen LogP contribution in [0.3, 0.4) is 0 Å². The van der Waals surface area contributed by atoms with Gasteiger partial charge in [0.2, 0.25) is 0 Å². The number of phenolic OH excluding ortho intramolecular Hbond substituents is 1. The van der Waals surface area contributed by atoms with E-state index in [4.69, 9.17) is 0 Å². The molecule has 0 amide bonds. The van der Waals surface area contributed by atoms with Gasteiger partial charge in [-0.15, -0.1) is 0 Å². The monoisotopic (exact) mass is 228 g/mol. The molecule has 1 aliphatic heterocycles. The molecule has 1 aliphatic rings. The fraction of sp³-hybridized carbons (Fsp3) is 0.357. The number of hydrogen-bond donors (Lipinski definition) is 2. The summed E-state index contributed by atoms with van der Waals surface area (Å²) in [6.45, 7) is 4.12. The van der Waals surface area contributed by atoms with Crippen LogP contribution in [0.2, 0.25) is 0 Å². The fourth-order valence-electron chi connectivity index (χ4n) is 2.62. The van der Waals surface area contributed by atoms with Crippen LogP contribution in [0.25, 0.3) is 10.9 Å². The summed E-state index contributed by atoms with van der Waals surface area (Å²) in [5.74, 6) is 0.283. The summed E-state index contributed by atoms with van der Waals surface area (Å²) in [4.78, 5) is 4.65. The second-order valence-electron chi connectivity index (χ2n) is 4.59. The van der Waals surface area contributed by atoms with Gasteiger partial charge in [0.05, 0.1) is 0 Å². The van der Waals surface area contributed by atoms with E-state index in [9.17, 15) is 5.11 Å². The minimum absolute atomic E-state index is 0.283. The van der Waals surface area contributed by atoms with E-state index in [0.29, 0.717) is 0 Å². The molecule has 0 bridgehead atoms. The van der Waals surface area contributed by atoms with Crippen LogP contribution >= 0.6 is 0 Å². The number of nitrogens with one attached hydrogen (secondary N) is 1. The predicted octanol–water partition coefficient (Wildman–Crippen LogP) is 1.94. The summed E-state index contributed by atoms with van der Waals surface area (Å²) in [6, 6.07) is 5.62. The van der Waals surface area contributed by atoms with Crippen LogP contribution < -0.4 is 5.32 Å². The molecule has 0 spiro atoms. The number of phenols is 1. The number of aromatic hydroxyl groups is 1. The summed E-state index contributed by atoms with van der Waals surface area (Å²) in [5.41, 5.74) is 4.50. The summed E-state index contributed by atoms with van der Waals surface area (Å²) >= 11 is 0. The average molecular weight is 228 g/mol. The normalized spacial score (nSPS) is 15.6. The molecular weight excluding hydrogens is 212 g/mol. The van der Waals surface area contributed by atoms with E-state index in [1.807, 2.05) is 12.1 Å². The molecule has 0 aliphatic carbocycles. The molecule has 88 valence electrons. The summed E-state index contributed by atoms with van der Waals surface area (Å²) in [5, 5.41) is 14.4. The summed E-state index contributed by atoms with van der Waals surface area (Å²) in [6.07, 6.45) is 1.97. The van der Waals surface area contributed by atoms with E-state index in [1.165, 1.54) is 11.1 Å². The Labute approximate surface area is 100 Å². The van der Waals surface area contributed by atoms with E-state index < -0.39 is 0 Å². The van der Waals surface area contributed by atoms with E-state index >= 15 is 0 Å². The molecule has 0 saturated carbocycles. The van der Waals surface area contributed by atoms with Gasteiger partial charge in [-0.2, -0.15) is 0 Å². The van der Waals surface area contributed by atoms with Crippen molar-refractivity contribution < 1.29 is 5.11 Å². The van der Waals surface area contributed by atoms with E-state index in [1.54, 1.807) is 6.07 Å². The maximum absolute atomic E-state index is 9.89. The van der Waals surface area contributed by atoms with Crippen molar-refractivity contribution >= 4 is 10.9 Å². The highest BCUT2D eigenvalue weighted by atomic mass is 16.3. The molecule has 0 atom stereocenters. The Morgan fingerprint density at radius 3 is 2.94 bits per heavy atom. The second kappa shape index (κ2) is 4.00. The van der Waals surface area contributed by atoms with Gasteiger partial charge in [-0.05, 0) is 37.1 Å². The number of benzene rings is 1. The van der Waals surface area contributed by atoms with Crippen molar-refractivity contribution in [2.45, 2.75) is 19.8 Å². The van der Waals surface area contributed by atoms with Crippen molar-refractivity contribution in [3.63, 3.8) is 0 Å². The number of hydrogen-bond acceptors (Lipinski definition) is 3. The summed E-state index contributed by atoms with van der Waals surface area (Å²) in [7, 11) is 0. The molecule has 17 heavy (non-hydrogen) atoms. The Hall–Kier alpha value is -1.61. The summed E-state index contributed by atoms with van der Waals surface area (Å²) < 4.78 is 0. The first-order chi connectivity index (χ1) is 8.27. The van der Waals surface area contributed by atoms with Crippen molar-refractivity contribution in [1.29, 1.82) is 0 Å². The molecule has 1 aromatic carbocycles. The lowest BCUT2D eigenvalue weighted by Gasteiger charge is -2.12. The Bertz CT molecular complexity index is 578. The van der Waals surface area contributed by atoms with Gasteiger partial charge < -0.3 is 10.4 Å². The molecule has 0 saturated heterocycles. The van der Waals surface area contributed by atoms with Crippen molar-refractivity contribution in [3.8, 4) is 5.75 Å². The molecule has 3 heteroatoms. The zero-order valence-electron chi connectivity index (χ0n) is 9.95. The third-order valence-electron chi connectivity index (χ3n) is 3.56. The molecule has 2 N–H and O–H groups in total. The van der Waals surface area contributed by atoms with Crippen molar-refractivity contribution in [2.75, 3.05) is 13.1 Å². The maximum atomic E-state index is 9.89. The Kier molecular flexibility index (Phi) is 2.48. The average Bonchev–Trinajstić information content (AvgIpc) is 2.56. The fourth-order valence-corrected chi connectivity index (χ4v) is 2.62. The van der Waals surface area contributed by atoms with Crippen molar-refractivity contribution in [2.24, 2.45) is 0 Å². The first kappa shape index (κ1) is 10.5. The quantitative estimate of drug-likeness (QED) is 0.724. The second-order valence-corrected chi connectivity index (χ2v) is 4.59. The van der Waals surface area contributed by atoms with Gasteiger partial charge in [0.25, 0.3) is 0 Å². The third kappa shape index (κ3) is 1.67. The van der Waals surface area contributed by atoms with Crippen LogP contribution in [0.1, 0.15) is 16.8 Å². The number of pyridine rings is 1. The number of rotatable bonds is 0. The van der Waals surface area contributed by atoms with E-state index in [0.717, 1.165) is 42.5 Å². The molecule has 2 aromatic rings. The molecule has 0 radical (unpaired) electrons. The highest BCUT2D eigenvalue weighted by molar-refractivity contribution is 5.88. The Balaban J connectivity index is 2.33. The standard InChI is InChI=1S/C14H16N2O/c1-9-10-5-7-15-8-6-12(10)16-14-11(9)3-2-4-13(14)17/h2-4,15,17H,5-8H2,1H3. The van der Waals surface area contributed by atoms with Gasteiger partial charge in [-0.3, -0.25) is 0 Å². The van der Waals surface area contributed by atoms with Crippen LogP contribution in [0.5, 0.6) is 5.75 Å². The smallest absolute Gasteiger partial charge is 0.141 e. The highest BCUT2D eigenvalue weighted by Gasteiger charge is 2.15. The van der Waals surface area contributed by atoms with Gasteiger partial charge in [0, 0.05) is 24.0 Å². The van der Waals surface area contributed by atoms with Crippen LogP contribution in [0.4, 0.5) is 0 Å². The van der Waals surface area contributed by atoms with Crippen LogP contribution in [0.15, 0.2) is 18.2 Å². The molecular formula is C14H16N2O. The SMILES string of the molecule is Cc1c2c(nc3c(O)cccc13)CCNCC2. The number of aryl methyl sites for hydroxylation is 1. The molecule has 1 aromatic heterocycles. The molecule has 0 unspecified atom stereocenters. The first-order valence-corrected chi connectivity index (χ1v) is 6.08. The minimum atomic E-state index is 0.283. The van der Waals surface area contributed by atoms with Gasteiger partial charge in [0.15, 0.2) is 0 Å². The van der Waals surface area contributed by atoms with Crippen LogP contribution in [0, 0.1) is 6.92 Å². The van der Waals surface area contributed by atoms with Gasteiger partial charge in [-0.1, -0.05) is 12.1 Å². The molecule has 3 nitrogen and oxygen atoms in total. The first-order valence-electron chi connectivity index (χ1n) is 6.08. The topological polar surface area (TPSA) is 45.2 Å². The number of aromatic nitrogens is 1. The number of fused-ring (bicyclic) bond motifs is 2. The van der Waals surface area contributed by atoms with Gasteiger partial charge in [-0.25, -0.2) is 4.98 Å². The van der Waals surface area contributed by atoms with Gasteiger partial charge in [0.1, 0.15) is 11.3 Å². The molecule has 3 rings (SSSR count). The zero-order chi connectivity index (χ0) is 11.8. The zero-order valence-corrected chi connectivity index (χ0v) is 9.95. The Morgan fingerprint density at radius 2 is 2.06 bits per heavy atom. The van der Waals surface area contributed by atoms with Crippen LogP contribution in [-0.4, -0.2) is 23.2 Å². The minimum Gasteiger partial charge on any atom is -0.506 e. The highest BCUT2D eigenvalue weighted by Crippen LogP contribution is 2.29. The maximum Gasteiger partial charge on any atom is 0.141 e. The number of para-hydroxylation sites is 1. The number of nitrogens with zero attached hydrogens (tertiary/aromatic N) is 1. The largest absolute Gasteiger partial charge is 0.506 e. The van der Waals surface area contributed by atoms with Crippen molar-refractivity contribution in [3.05, 3.63) is 35.0 Å². The van der Waals surface area contributed by atoms with E-state index in [2.05, 4.69) is 17.2 Å². The Morgan fingerprint density at radius 1 is 1.24 bits per heavy atom. The molecule has 2 heterocycles. The van der Waals surface area contributed by atoms with Crippen molar-refractivity contribution in [1.82, 2.24) is 10.3 Å². The van der Waals surface area contributed by atoms with Crippen LogP contribution in [-0.2, 0) is 12.8 Å².